The first kappa shape index (κ1) is 24.1. The van der Waals surface area contributed by atoms with E-state index in [9.17, 15) is 13.2 Å². The first-order valence-electron chi connectivity index (χ1n) is 9.99. The molecule has 168 valence electrons. The van der Waals surface area contributed by atoms with Crippen LogP contribution < -0.4 is 9.62 Å². The van der Waals surface area contributed by atoms with Crippen LogP contribution >= 0.6 is 23.2 Å². The van der Waals surface area contributed by atoms with Gasteiger partial charge in [0, 0.05) is 5.02 Å². The molecule has 3 rings (SSSR count). The number of hydrogen-bond donors (Lipinski definition) is 1. The molecule has 0 saturated heterocycles. The maximum atomic E-state index is 13.4. The molecule has 0 aliphatic heterocycles. The molecule has 1 atom stereocenters. The summed E-state index contributed by atoms with van der Waals surface area (Å²) in [4.78, 5) is 13.0. The number of carbonyl (C=O) groups excluding carboxylic acids is 1. The van der Waals surface area contributed by atoms with E-state index < -0.39 is 22.5 Å². The van der Waals surface area contributed by atoms with Gasteiger partial charge in [-0.1, -0.05) is 65.2 Å². The molecule has 0 radical (unpaired) electrons. The number of halogens is 2. The van der Waals surface area contributed by atoms with E-state index in [4.69, 9.17) is 23.2 Å². The van der Waals surface area contributed by atoms with Crippen molar-refractivity contribution in [3.05, 3.63) is 93.5 Å². The van der Waals surface area contributed by atoms with Crippen LogP contribution in [0.1, 0.15) is 29.7 Å². The van der Waals surface area contributed by atoms with Crippen LogP contribution in [0.2, 0.25) is 10.0 Å². The number of carbonyl (C=O) groups is 1. The third-order valence-corrected chi connectivity index (χ3v) is 7.39. The van der Waals surface area contributed by atoms with E-state index in [1.807, 2.05) is 39.0 Å². The molecule has 0 aliphatic rings. The first-order valence-corrected chi connectivity index (χ1v) is 12.2. The fourth-order valence-electron chi connectivity index (χ4n) is 3.42. The van der Waals surface area contributed by atoms with Crippen molar-refractivity contribution in [3.8, 4) is 0 Å². The monoisotopic (exact) mass is 490 g/mol. The summed E-state index contributed by atoms with van der Waals surface area (Å²) in [5.74, 6) is -0.455. The second-order valence-corrected chi connectivity index (χ2v) is 10.3. The first-order chi connectivity index (χ1) is 15.1. The van der Waals surface area contributed by atoms with Gasteiger partial charge in [0.15, 0.2) is 0 Å². The fourth-order valence-corrected chi connectivity index (χ4v) is 5.45. The Bertz CT molecular complexity index is 1230. The number of anilines is 1. The highest BCUT2D eigenvalue weighted by Crippen LogP contribution is 2.32. The molecule has 0 spiro atoms. The van der Waals surface area contributed by atoms with Gasteiger partial charge in [0.1, 0.15) is 6.54 Å². The molecular weight excluding hydrogens is 467 g/mol. The van der Waals surface area contributed by atoms with Gasteiger partial charge in [0.2, 0.25) is 5.91 Å². The Hall–Kier alpha value is -2.54. The van der Waals surface area contributed by atoms with Crippen LogP contribution in [0.15, 0.2) is 71.6 Å². The lowest BCUT2D eigenvalue weighted by Gasteiger charge is -2.26. The highest BCUT2D eigenvalue weighted by atomic mass is 35.5. The number of nitrogens with one attached hydrogen (secondary N) is 1. The van der Waals surface area contributed by atoms with Gasteiger partial charge in [-0.3, -0.25) is 9.10 Å². The van der Waals surface area contributed by atoms with Crippen molar-refractivity contribution in [2.45, 2.75) is 31.7 Å². The van der Waals surface area contributed by atoms with Crippen molar-refractivity contribution < 1.29 is 13.2 Å². The highest BCUT2D eigenvalue weighted by molar-refractivity contribution is 7.92. The lowest BCUT2D eigenvalue weighted by molar-refractivity contribution is -0.120. The van der Waals surface area contributed by atoms with Gasteiger partial charge >= 0.3 is 0 Å². The van der Waals surface area contributed by atoms with Crippen LogP contribution in [0.5, 0.6) is 0 Å². The molecule has 8 heteroatoms. The van der Waals surface area contributed by atoms with Gasteiger partial charge in [-0.15, -0.1) is 0 Å². The van der Waals surface area contributed by atoms with E-state index in [-0.39, 0.29) is 21.6 Å². The van der Waals surface area contributed by atoms with E-state index >= 15 is 0 Å². The normalized spacial score (nSPS) is 12.3. The summed E-state index contributed by atoms with van der Waals surface area (Å²) in [6.07, 6.45) is 0. The van der Waals surface area contributed by atoms with Gasteiger partial charge in [0.25, 0.3) is 10.0 Å². The Balaban J connectivity index is 1.94. The van der Waals surface area contributed by atoms with Gasteiger partial charge in [-0.05, 0) is 62.2 Å². The minimum atomic E-state index is -4.05. The number of amides is 1. The molecule has 0 aromatic heterocycles. The number of hydrogen-bond acceptors (Lipinski definition) is 3. The smallest absolute Gasteiger partial charge is 0.264 e. The summed E-state index contributed by atoms with van der Waals surface area (Å²) in [7, 11) is -4.05. The predicted octanol–water partition coefficient (Wildman–Crippen LogP) is 5.68. The summed E-state index contributed by atoms with van der Waals surface area (Å²) in [6.45, 7) is 5.38. The number of nitrogens with zero attached hydrogens (tertiary/aromatic N) is 1. The topological polar surface area (TPSA) is 66.5 Å². The summed E-state index contributed by atoms with van der Waals surface area (Å²) in [5.41, 5.74) is 3.26. The molecule has 0 fully saturated rings. The van der Waals surface area contributed by atoms with Crippen molar-refractivity contribution in [1.82, 2.24) is 5.32 Å². The Labute approximate surface area is 199 Å². The van der Waals surface area contributed by atoms with E-state index in [0.29, 0.717) is 5.02 Å². The Morgan fingerprint density at radius 1 is 1.00 bits per heavy atom. The predicted molar refractivity (Wildman–Crippen MR) is 130 cm³/mol. The molecule has 1 unspecified atom stereocenters. The zero-order chi connectivity index (χ0) is 23.5. The van der Waals surface area contributed by atoms with E-state index in [0.717, 1.165) is 21.0 Å². The summed E-state index contributed by atoms with van der Waals surface area (Å²) in [6, 6.07) is 18.1. The molecule has 1 amide bonds. The summed E-state index contributed by atoms with van der Waals surface area (Å²) in [5, 5.41) is 3.40. The van der Waals surface area contributed by atoms with Crippen LogP contribution in [0.3, 0.4) is 0 Å². The van der Waals surface area contributed by atoms with Gasteiger partial charge in [0.05, 0.1) is 21.6 Å². The van der Waals surface area contributed by atoms with E-state index in [1.54, 1.807) is 18.2 Å². The second-order valence-electron chi connectivity index (χ2n) is 7.57. The molecule has 0 saturated carbocycles. The average molecular weight is 491 g/mol. The lowest BCUT2D eigenvalue weighted by Crippen LogP contribution is -2.41. The number of benzene rings is 3. The molecule has 3 aromatic carbocycles. The van der Waals surface area contributed by atoms with Crippen molar-refractivity contribution in [3.63, 3.8) is 0 Å². The zero-order valence-corrected chi connectivity index (χ0v) is 20.3. The number of aryl methyl sites for hydroxylation is 2. The quantitative estimate of drug-likeness (QED) is 0.462. The zero-order valence-electron chi connectivity index (χ0n) is 18.0. The summed E-state index contributed by atoms with van der Waals surface area (Å²) >= 11 is 12.3. The molecule has 3 aromatic rings. The molecular formula is C24H24Cl2N2O3S. The maximum Gasteiger partial charge on any atom is 0.264 e. The molecule has 0 heterocycles. The van der Waals surface area contributed by atoms with Crippen molar-refractivity contribution in [1.29, 1.82) is 0 Å². The maximum absolute atomic E-state index is 13.4. The Morgan fingerprint density at radius 3 is 2.34 bits per heavy atom. The largest absolute Gasteiger partial charge is 0.348 e. The minimum Gasteiger partial charge on any atom is -0.348 e. The van der Waals surface area contributed by atoms with Crippen LogP contribution in [-0.2, 0) is 14.8 Å². The van der Waals surface area contributed by atoms with E-state index in [2.05, 4.69) is 5.32 Å². The molecule has 5 nitrogen and oxygen atoms in total. The molecule has 32 heavy (non-hydrogen) atoms. The lowest BCUT2D eigenvalue weighted by atomic mass is 10.00. The van der Waals surface area contributed by atoms with Crippen LogP contribution in [-0.4, -0.2) is 20.9 Å². The minimum absolute atomic E-state index is 0.0568. The van der Waals surface area contributed by atoms with Gasteiger partial charge in [-0.25, -0.2) is 8.42 Å². The van der Waals surface area contributed by atoms with Crippen LogP contribution in [0, 0.1) is 13.8 Å². The molecule has 1 N–H and O–H groups in total. The van der Waals surface area contributed by atoms with Crippen LogP contribution in [0.4, 0.5) is 5.69 Å². The SMILES string of the molecule is Cc1ccc(C)c(C(C)NC(=O)CN(c2ccc(Cl)cc2Cl)S(=O)(=O)c2ccccc2)c1. The van der Waals surface area contributed by atoms with Crippen LogP contribution in [0.25, 0.3) is 0 Å². The fraction of sp³-hybridized carbons (Fsp3) is 0.208. The Kier molecular flexibility index (Phi) is 7.49. The third-order valence-electron chi connectivity index (χ3n) is 5.08. The number of rotatable bonds is 7. The molecule has 0 aliphatic carbocycles. The Morgan fingerprint density at radius 2 is 1.69 bits per heavy atom. The standard InChI is InChI=1S/C24H24Cl2N2O3S/c1-16-9-10-17(2)21(13-16)18(3)27-24(29)15-28(23-12-11-19(25)14-22(23)26)32(30,31)20-7-5-4-6-8-20/h4-14,18H,15H2,1-3H3,(H,27,29). The second kappa shape index (κ2) is 9.94. The van der Waals surface area contributed by atoms with Crippen molar-refractivity contribution >= 4 is 44.8 Å². The molecule has 0 bridgehead atoms. The van der Waals surface area contributed by atoms with Crippen molar-refractivity contribution in [2.75, 3.05) is 10.8 Å². The number of sulfonamides is 1. The van der Waals surface area contributed by atoms with Gasteiger partial charge < -0.3 is 5.32 Å². The van der Waals surface area contributed by atoms with Gasteiger partial charge in [-0.2, -0.15) is 0 Å². The van der Waals surface area contributed by atoms with E-state index in [1.165, 1.54) is 30.3 Å². The summed E-state index contributed by atoms with van der Waals surface area (Å²) < 4.78 is 27.8. The highest BCUT2D eigenvalue weighted by Gasteiger charge is 2.29. The average Bonchev–Trinajstić information content (AvgIpc) is 2.74. The van der Waals surface area contributed by atoms with Crippen molar-refractivity contribution in [2.24, 2.45) is 0 Å². The third kappa shape index (κ3) is 5.44.